The monoisotopic (exact) mass is 312 g/mol. The third kappa shape index (κ3) is 4.46. The molecule has 1 aromatic rings. The molecule has 0 aliphatic rings. The molecule has 0 aromatic heterocycles. The number of carbonyl (C=O) groups excluding carboxylic acids is 1. The van der Waals surface area contributed by atoms with E-state index in [0.717, 1.165) is 12.0 Å². The van der Waals surface area contributed by atoms with Crippen molar-refractivity contribution in [2.45, 2.75) is 39.4 Å². The van der Waals surface area contributed by atoms with E-state index in [9.17, 15) is 13.2 Å². The predicted octanol–water partition coefficient (Wildman–Crippen LogP) is 2.37. The average molecular weight is 312 g/mol. The van der Waals surface area contributed by atoms with Gasteiger partial charge in [0.15, 0.2) is 9.84 Å². The molecule has 0 heterocycles. The first-order valence-electron chi connectivity index (χ1n) is 7.06. The number of nitrogen functional groups attached to an aromatic ring is 1. The van der Waals surface area contributed by atoms with Gasteiger partial charge in [0.05, 0.1) is 5.75 Å². The zero-order valence-corrected chi connectivity index (χ0v) is 13.8. The van der Waals surface area contributed by atoms with Gasteiger partial charge in [0.1, 0.15) is 5.25 Å². The molecule has 1 aromatic carbocycles. The molecule has 0 aliphatic carbocycles. The van der Waals surface area contributed by atoms with Crippen molar-refractivity contribution in [1.82, 2.24) is 0 Å². The van der Waals surface area contributed by atoms with Crippen LogP contribution in [0.25, 0.3) is 0 Å². The minimum absolute atomic E-state index is 0.0218. The van der Waals surface area contributed by atoms with Crippen LogP contribution in [0.15, 0.2) is 18.2 Å². The van der Waals surface area contributed by atoms with Crippen LogP contribution in [-0.4, -0.2) is 25.3 Å². The van der Waals surface area contributed by atoms with Crippen LogP contribution in [0, 0.1) is 12.8 Å². The maximum Gasteiger partial charge on any atom is 0.242 e. The first-order valence-corrected chi connectivity index (χ1v) is 8.78. The standard InChI is InChI=1S/C15H24N2O3S/c1-5-10(2)9-21(19,20)12(4)15(18)17-14-8-6-7-13(16)11(14)3/h6-8,10,12H,5,9,16H2,1-4H3,(H,17,18). The summed E-state index contributed by atoms with van der Waals surface area (Å²) in [5, 5.41) is 1.57. The highest BCUT2D eigenvalue weighted by Gasteiger charge is 2.29. The molecule has 0 bridgehead atoms. The highest BCUT2D eigenvalue weighted by atomic mass is 32.2. The molecule has 2 atom stereocenters. The Bertz CT molecular complexity index is 611. The van der Waals surface area contributed by atoms with E-state index in [4.69, 9.17) is 5.73 Å². The van der Waals surface area contributed by atoms with Crippen molar-refractivity contribution >= 4 is 27.1 Å². The second kappa shape index (κ2) is 6.93. The third-order valence-corrected chi connectivity index (χ3v) is 6.08. The third-order valence-electron chi connectivity index (χ3n) is 3.76. The van der Waals surface area contributed by atoms with E-state index in [0.29, 0.717) is 11.4 Å². The number of benzene rings is 1. The summed E-state index contributed by atoms with van der Waals surface area (Å²) in [7, 11) is -3.46. The molecule has 3 N–H and O–H groups in total. The van der Waals surface area contributed by atoms with Crippen LogP contribution in [-0.2, 0) is 14.6 Å². The van der Waals surface area contributed by atoms with E-state index in [2.05, 4.69) is 5.32 Å². The number of nitrogens with two attached hydrogens (primary N) is 1. The van der Waals surface area contributed by atoms with Gasteiger partial charge < -0.3 is 11.1 Å². The average Bonchev–Trinajstić information content (AvgIpc) is 2.42. The van der Waals surface area contributed by atoms with Crippen molar-refractivity contribution in [3.63, 3.8) is 0 Å². The highest BCUT2D eigenvalue weighted by Crippen LogP contribution is 2.21. The van der Waals surface area contributed by atoms with Crippen molar-refractivity contribution in [2.24, 2.45) is 5.92 Å². The van der Waals surface area contributed by atoms with Gasteiger partial charge in [-0.3, -0.25) is 4.79 Å². The maximum atomic E-state index is 12.2. The Labute approximate surface area is 126 Å². The Hall–Kier alpha value is -1.56. The van der Waals surface area contributed by atoms with Crippen molar-refractivity contribution in [3.05, 3.63) is 23.8 Å². The summed E-state index contributed by atoms with van der Waals surface area (Å²) in [6.45, 7) is 7.00. The Morgan fingerprint density at radius 2 is 1.95 bits per heavy atom. The SMILES string of the molecule is CCC(C)CS(=O)(=O)C(C)C(=O)Nc1cccc(N)c1C. The molecule has 0 aliphatic heterocycles. The molecule has 1 rings (SSSR count). The quantitative estimate of drug-likeness (QED) is 0.789. The summed E-state index contributed by atoms with van der Waals surface area (Å²) >= 11 is 0. The highest BCUT2D eigenvalue weighted by molar-refractivity contribution is 7.92. The fourth-order valence-electron chi connectivity index (χ4n) is 1.85. The topological polar surface area (TPSA) is 89.3 Å². The van der Waals surface area contributed by atoms with Crippen LogP contribution in [0.4, 0.5) is 11.4 Å². The lowest BCUT2D eigenvalue weighted by Crippen LogP contribution is -2.35. The Morgan fingerprint density at radius 3 is 2.52 bits per heavy atom. The molecule has 0 saturated heterocycles. The van der Waals surface area contributed by atoms with Gasteiger partial charge in [0, 0.05) is 11.4 Å². The molecule has 5 nitrogen and oxygen atoms in total. The van der Waals surface area contributed by atoms with Crippen LogP contribution >= 0.6 is 0 Å². The molecule has 2 unspecified atom stereocenters. The fourth-order valence-corrected chi connectivity index (χ4v) is 3.55. The fraction of sp³-hybridized carbons (Fsp3) is 0.533. The van der Waals surface area contributed by atoms with Crippen LogP contribution < -0.4 is 11.1 Å². The van der Waals surface area contributed by atoms with Crippen LogP contribution in [0.3, 0.4) is 0 Å². The molecule has 0 spiro atoms. The van der Waals surface area contributed by atoms with Gasteiger partial charge in [-0.15, -0.1) is 0 Å². The molecular weight excluding hydrogens is 288 g/mol. The van der Waals surface area contributed by atoms with Crippen LogP contribution in [0.5, 0.6) is 0 Å². The number of amides is 1. The molecule has 118 valence electrons. The van der Waals surface area contributed by atoms with E-state index in [1.54, 1.807) is 25.1 Å². The number of hydrogen-bond donors (Lipinski definition) is 2. The van der Waals surface area contributed by atoms with E-state index in [-0.39, 0.29) is 11.7 Å². The van der Waals surface area contributed by atoms with Gasteiger partial charge in [-0.1, -0.05) is 26.3 Å². The summed E-state index contributed by atoms with van der Waals surface area (Å²) in [5.74, 6) is -0.458. The van der Waals surface area contributed by atoms with E-state index in [1.807, 2.05) is 13.8 Å². The molecule has 6 heteroatoms. The number of hydrogen-bond acceptors (Lipinski definition) is 4. The number of nitrogens with one attached hydrogen (secondary N) is 1. The first kappa shape index (κ1) is 17.5. The molecule has 0 fully saturated rings. The summed E-state index contributed by atoms with van der Waals surface area (Å²) in [5.41, 5.74) is 7.61. The Morgan fingerprint density at radius 1 is 1.33 bits per heavy atom. The van der Waals surface area contributed by atoms with Crippen molar-refractivity contribution in [1.29, 1.82) is 0 Å². The smallest absolute Gasteiger partial charge is 0.242 e. The van der Waals surface area contributed by atoms with Gasteiger partial charge in [0.2, 0.25) is 5.91 Å². The zero-order valence-electron chi connectivity index (χ0n) is 13.0. The largest absolute Gasteiger partial charge is 0.398 e. The van der Waals surface area contributed by atoms with Crippen LogP contribution in [0.2, 0.25) is 0 Å². The second-order valence-electron chi connectivity index (χ2n) is 5.49. The van der Waals surface area contributed by atoms with Gasteiger partial charge in [0.25, 0.3) is 0 Å². The Kier molecular flexibility index (Phi) is 5.78. The minimum atomic E-state index is -3.46. The lowest BCUT2D eigenvalue weighted by Gasteiger charge is -2.17. The van der Waals surface area contributed by atoms with Gasteiger partial charge >= 0.3 is 0 Å². The zero-order chi connectivity index (χ0) is 16.2. The molecule has 21 heavy (non-hydrogen) atoms. The predicted molar refractivity (Wildman–Crippen MR) is 86.9 cm³/mol. The minimum Gasteiger partial charge on any atom is -0.398 e. The number of sulfone groups is 1. The van der Waals surface area contributed by atoms with Crippen molar-refractivity contribution in [3.8, 4) is 0 Å². The number of anilines is 2. The first-order chi connectivity index (χ1) is 9.69. The van der Waals surface area contributed by atoms with Gasteiger partial charge in [-0.25, -0.2) is 8.42 Å². The van der Waals surface area contributed by atoms with Gasteiger partial charge in [-0.05, 0) is 37.5 Å². The van der Waals surface area contributed by atoms with Gasteiger partial charge in [-0.2, -0.15) is 0 Å². The summed E-state index contributed by atoms with van der Waals surface area (Å²) in [6.07, 6.45) is 0.766. The normalized spacial score (nSPS) is 14.5. The van der Waals surface area contributed by atoms with Crippen molar-refractivity contribution < 1.29 is 13.2 Å². The lowest BCUT2D eigenvalue weighted by atomic mass is 10.1. The molecule has 0 radical (unpaired) electrons. The molecular formula is C15H24N2O3S. The second-order valence-corrected chi connectivity index (χ2v) is 7.86. The molecule has 1 amide bonds. The van der Waals surface area contributed by atoms with Crippen LogP contribution in [0.1, 0.15) is 32.8 Å². The van der Waals surface area contributed by atoms with E-state index < -0.39 is 21.0 Å². The summed E-state index contributed by atoms with van der Waals surface area (Å²) in [6, 6.07) is 5.15. The maximum absolute atomic E-state index is 12.2. The number of rotatable bonds is 6. The molecule has 0 saturated carbocycles. The summed E-state index contributed by atoms with van der Waals surface area (Å²) in [4.78, 5) is 12.2. The summed E-state index contributed by atoms with van der Waals surface area (Å²) < 4.78 is 24.4. The van der Waals surface area contributed by atoms with Crippen molar-refractivity contribution in [2.75, 3.05) is 16.8 Å². The number of carbonyl (C=O) groups is 1. The lowest BCUT2D eigenvalue weighted by molar-refractivity contribution is -0.115. The Balaban J connectivity index is 2.86. The van der Waals surface area contributed by atoms with E-state index in [1.165, 1.54) is 6.92 Å². The van der Waals surface area contributed by atoms with E-state index >= 15 is 0 Å².